The van der Waals surface area contributed by atoms with Crippen LogP contribution in [-0.2, 0) is 9.53 Å². The lowest BCUT2D eigenvalue weighted by Crippen LogP contribution is -2.18. The normalized spacial score (nSPS) is 12.6. The summed E-state index contributed by atoms with van der Waals surface area (Å²) >= 11 is 0. The average molecular weight is 278 g/mol. The molecule has 7 heteroatoms. The summed E-state index contributed by atoms with van der Waals surface area (Å²) < 4.78 is 10.3. The van der Waals surface area contributed by atoms with Crippen LogP contribution in [0.4, 0.5) is 0 Å². The van der Waals surface area contributed by atoms with Gasteiger partial charge in [-0.05, 0) is 19.3 Å². The minimum Gasteiger partial charge on any atom is -0.465 e. The van der Waals surface area contributed by atoms with E-state index in [1.54, 1.807) is 19.3 Å². The number of carbonyl (C=O) groups is 1. The highest BCUT2D eigenvalue weighted by molar-refractivity contribution is 5.76. The van der Waals surface area contributed by atoms with E-state index in [9.17, 15) is 4.79 Å². The van der Waals surface area contributed by atoms with E-state index in [0.29, 0.717) is 30.6 Å². The zero-order valence-corrected chi connectivity index (χ0v) is 11.8. The van der Waals surface area contributed by atoms with E-state index in [2.05, 4.69) is 20.1 Å². The van der Waals surface area contributed by atoms with Gasteiger partial charge in [-0.2, -0.15) is 4.98 Å². The van der Waals surface area contributed by atoms with Crippen LogP contribution in [0.15, 0.2) is 16.9 Å². The first-order valence-corrected chi connectivity index (χ1v) is 6.61. The molecule has 2 aromatic rings. The number of hydrogen-bond donors (Lipinski definition) is 1. The SMILES string of the molecule is CCOC(=O)C(CC(C)C)c1nc(-c2ncc[nH]2)no1. The van der Waals surface area contributed by atoms with Crippen molar-refractivity contribution < 1.29 is 14.1 Å². The van der Waals surface area contributed by atoms with Crippen molar-refractivity contribution in [3.8, 4) is 11.6 Å². The van der Waals surface area contributed by atoms with E-state index in [4.69, 9.17) is 9.26 Å². The molecule has 0 amide bonds. The van der Waals surface area contributed by atoms with Gasteiger partial charge in [0, 0.05) is 12.4 Å². The van der Waals surface area contributed by atoms with Gasteiger partial charge in [-0.1, -0.05) is 19.0 Å². The molecule has 1 N–H and O–H groups in total. The van der Waals surface area contributed by atoms with Crippen molar-refractivity contribution in [3.05, 3.63) is 18.3 Å². The fourth-order valence-corrected chi connectivity index (χ4v) is 1.87. The Labute approximate surface area is 116 Å². The Morgan fingerprint density at radius 1 is 1.50 bits per heavy atom. The minimum absolute atomic E-state index is 0.267. The third-order valence-electron chi connectivity index (χ3n) is 2.73. The van der Waals surface area contributed by atoms with Crippen LogP contribution >= 0.6 is 0 Å². The number of nitrogens with zero attached hydrogens (tertiary/aromatic N) is 3. The molecule has 1 atom stereocenters. The third kappa shape index (κ3) is 3.23. The van der Waals surface area contributed by atoms with Crippen molar-refractivity contribution in [3.63, 3.8) is 0 Å². The molecule has 0 spiro atoms. The lowest BCUT2D eigenvalue weighted by atomic mass is 9.97. The number of esters is 1. The van der Waals surface area contributed by atoms with Crippen LogP contribution in [0, 0.1) is 5.92 Å². The van der Waals surface area contributed by atoms with Crippen molar-refractivity contribution in [1.82, 2.24) is 20.1 Å². The summed E-state index contributed by atoms with van der Waals surface area (Å²) in [4.78, 5) is 23.2. The Morgan fingerprint density at radius 2 is 2.30 bits per heavy atom. The summed E-state index contributed by atoms with van der Waals surface area (Å²) in [6.07, 6.45) is 3.86. The fourth-order valence-electron chi connectivity index (χ4n) is 1.87. The van der Waals surface area contributed by atoms with Gasteiger partial charge in [-0.25, -0.2) is 4.98 Å². The van der Waals surface area contributed by atoms with E-state index < -0.39 is 5.92 Å². The predicted octanol–water partition coefficient (Wildman–Crippen LogP) is 2.15. The molecule has 108 valence electrons. The molecule has 0 bridgehead atoms. The van der Waals surface area contributed by atoms with E-state index in [-0.39, 0.29) is 11.9 Å². The van der Waals surface area contributed by atoms with Gasteiger partial charge in [0.05, 0.1) is 6.61 Å². The molecule has 2 aromatic heterocycles. The number of H-pyrrole nitrogens is 1. The predicted molar refractivity (Wildman–Crippen MR) is 70.7 cm³/mol. The van der Waals surface area contributed by atoms with Gasteiger partial charge < -0.3 is 14.2 Å². The second-order valence-corrected chi connectivity index (χ2v) is 4.83. The van der Waals surface area contributed by atoms with Gasteiger partial charge >= 0.3 is 5.97 Å². The largest absolute Gasteiger partial charge is 0.465 e. The van der Waals surface area contributed by atoms with Gasteiger partial charge in [0.1, 0.15) is 5.92 Å². The highest BCUT2D eigenvalue weighted by atomic mass is 16.5. The standard InChI is InChI=1S/C13H18N4O3/c1-4-19-13(18)9(7-8(2)3)12-16-11(17-20-12)10-14-5-6-15-10/h5-6,8-9H,4,7H2,1-3H3,(H,14,15). The average Bonchev–Trinajstić information content (AvgIpc) is 3.06. The molecule has 0 aliphatic heterocycles. The lowest BCUT2D eigenvalue weighted by molar-refractivity contribution is -0.146. The summed E-state index contributed by atoms with van der Waals surface area (Å²) in [7, 11) is 0. The monoisotopic (exact) mass is 278 g/mol. The Bertz CT molecular complexity index is 548. The number of carbonyl (C=O) groups excluding carboxylic acids is 1. The summed E-state index contributed by atoms with van der Waals surface area (Å²) in [6.45, 7) is 6.14. The van der Waals surface area contributed by atoms with Crippen LogP contribution in [0.5, 0.6) is 0 Å². The molecule has 7 nitrogen and oxygen atoms in total. The molecular weight excluding hydrogens is 260 g/mol. The van der Waals surface area contributed by atoms with Crippen LogP contribution < -0.4 is 0 Å². The maximum atomic E-state index is 12.0. The first kappa shape index (κ1) is 14.2. The van der Waals surface area contributed by atoms with Crippen molar-refractivity contribution in [1.29, 1.82) is 0 Å². The molecule has 1 unspecified atom stereocenters. The number of nitrogens with one attached hydrogen (secondary N) is 1. The Kier molecular flexibility index (Phi) is 4.49. The van der Waals surface area contributed by atoms with E-state index in [1.807, 2.05) is 13.8 Å². The second-order valence-electron chi connectivity index (χ2n) is 4.83. The highest BCUT2D eigenvalue weighted by Crippen LogP contribution is 2.25. The first-order chi connectivity index (χ1) is 9.61. The minimum atomic E-state index is -0.536. The second kappa shape index (κ2) is 6.31. The van der Waals surface area contributed by atoms with E-state index in [0.717, 1.165) is 0 Å². The van der Waals surface area contributed by atoms with Gasteiger partial charge in [-0.3, -0.25) is 4.79 Å². The van der Waals surface area contributed by atoms with Crippen LogP contribution in [0.1, 0.15) is 39.0 Å². The summed E-state index contributed by atoms with van der Waals surface area (Å²) in [5, 5.41) is 3.84. The van der Waals surface area contributed by atoms with E-state index >= 15 is 0 Å². The Hall–Kier alpha value is -2.18. The number of rotatable bonds is 6. The van der Waals surface area contributed by atoms with Gasteiger partial charge in [0.2, 0.25) is 11.7 Å². The zero-order valence-electron chi connectivity index (χ0n) is 11.8. The number of imidazole rings is 1. The number of aromatic nitrogens is 4. The molecule has 2 heterocycles. The Balaban J connectivity index is 2.22. The van der Waals surface area contributed by atoms with Crippen LogP contribution in [-0.4, -0.2) is 32.7 Å². The molecule has 0 aliphatic rings. The van der Waals surface area contributed by atoms with Crippen LogP contribution in [0.25, 0.3) is 11.6 Å². The zero-order chi connectivity index (χ0) is 14.5. The van der Waals surface area contributed by atoms with Crippen LogP contribution in [0.3, 0.4) is 0 Å². The summed E-state index contributed by atoms with van der Waals surface area (Å²) in [5.74, 6) is 0.545. The van der Waals surface area contributed by atoms with Crippen molar-refractivity contribution in [2.75, 3.05) is 6.61 Å². The topological polar surface area (TPSA) is 93.9 Å². The van der Waals surface area contributed by atoms with Crippen molar-refractivity contribution in [2.24, 2.45) is 5.92 Å². The molecule has 2 rings (SSSR count). The highest BCUT2D eigenvalue weighted by Gasteiger charge is 2.29. The number of hydrogen-bond acceptors (Lipinski definition) is 6. The van der Waals surface area contributed by atoms with E-state index in [1.165, 1.54) is 0 Å². The molecule has 0 saturated carbocycles. The maximum Gasteiger partial charge on any atom is 0.318 e. The van der Waals surface area contributed by atoms with Gasteiger partial charge in [0.15, 0.2) is 5.82 Å². The van der Waals surface area contributed by atoms with Crippen molar-refractivity contribution >= 4 is 5.97 Å². The molecule has 0 saturated heterocycles. The molecule has 0 fully saturated rings. The molecule has 0 aliphatic carbocycles. The smallest absolute Gasteiger partial charge is 0.318 e. The van der Waals surface area contributed by atoms with Crippen LogP contribution in [0.2, 0.25) is 0 Å². The molecule has 0 aromatic carbocycles. The Morgan fingerprint density at radius 3 is 2.90 bits per heavy atom. The summed E-state index contributed by atoms with van der Waals surface area (Å²) in [5.41, 5.74) is 0. The van der Waals surface area contributed by atoms with Gasteiger partial charge in [0.25, 0.3) is 0 Å². The maximum absolute atomic E-state index is 12.0. The quantitative estimate of drug-likeness (QED) is 0.814. The molecule has 0 radical (unpaired) electrons. The molecular formula is C13H18N4O3. The third-order valence-corrected chi connectivity index (χ3v) is 2.73. The summed E-state index contributed by atoms with van der Waals surface area (Å²) in [6, 6.07) is 0. The van der Waals surface area contributed by atoms with Gasteiger partial charge in [-0.15, -0.1) is 0 Å². The first-order valence-electron chi connectivity index (χ1n) is 6.61. The number of ether oxygens (including phenoxy) is 1. The fraction of sp³-hybridized carbons (Fsp3) is 0.538. The molecule has 20 heavy (non-hydrogen) atoms. The van der Waals surface area contributed by atoms with Crippen molar-refractivity contribution in [2.45, 2.75) is 33.1 Å². The lowest BCUT2D eigenvalue weighted by Gasteiger charge is -2.13. The number of aromatic amines is 1.